The lowest BCUT2D eigenvalue weighted by Crippen LogP contribution is -2.39. The molecule has 122 valence electrons. The van der Waals surface area contributed by atoms with Crippen molar-refractivity contribution in [2.45, 2.75) is 13.1 Å². The van der Waals surface area contributed by atoms with Gasteiger partial charge in [0.2, 0.25) is 0 Å². The largest absolute Gasteiger partial charge is 0.361 e. The standard InChI is InChI=1S/C17H17N5O2/c1-18-16(23)14-9-20-15-10-21(6-7-22(14)15)17(24)12-2-3-13-11(8-12)4-5-19-13/h2-5,8-9,19H,6-7,10H2,1H3,(H,18,23). The second-order valence-electron chi connectivity index (χ2n) is 5.80. The smallest absolute Gasteiger partial charge is 0.269 e. The zero-order valence-electron chi connectivity index (χ0n) is 13.2. The highest BCUT2D eigenvalue weighted by Gasteiger charge is 2.26. The molecule has 0 unspecified atom stereocenters. The third kappa shape index (κ3) is 2.25. The molecule has 3 aromatic rings. The van der Waals surface area contributed by atoms with Gasteiger partial charge >= 0.3 is 0 Å². The Morgan fingerprint density at radius 3 is 2.96 bits per heavy atom. The molecule has 3 heterocycles. The summed E-state index contributed by atoms with van der Waals surface area (Å²) < 4.78 is 1.87. The average Bonchev–Trinajstić information content (AvgIpc) is 3.25. The van der Waals surface area contributed by atoms with E-state index in [-0.39, 0.29) is 11.8 Å². The molecule has 0 saturated heterocycles. The molecule has 0 aliphatic carbocycles. The van der Waals surface area contributed by atoms with E-state index in [1.54, 1.807) is 18.1 Å². The van der Waals surface area contributed by atoms with Gasteiger partial charge in [-0.05, 0) is 24.3 Å². The van der Waals surface area contributed by atoms with Crippen LogP contribution in [0.2, 0.25) is 0 Å². The van der Waals surface area contributed by atoms with Crippen LogP contribution in [0.3, 0.4) is 0 Å². The monoisotopic (exact) mass is 323 g/mol. The van der Waals surface area contributed by atoms with Gasteiger partial charge in [-0.1, -0.05) is 0 Å². The van der Waals surface area contributed by atoms with Crippen molar-refractivity contribution in [1.29, 1.82) is 0 Å². The van der Waals surface area contributed by atoms with Gasteiger partial charge in [0.05, 0.1) is 12.7 Å². The van der Waals surface area contributed by atoms with Crippen LogP contribution < -0.4 is 5.32 Å². The van der Waals surface area contributed by atoms with E-state index >= 15 is 0 Å². The zero-order chi connectivity index (χ0) is 16.7. The minimum absolute atomic E-state index is 0.0196. The highest BCUT2D eigenvalue weighted by Crippen LogP contribution is 2.19. The Labute approximate surface area is 138 Å². The molecule has 1 aliphatic rings. The number of rotatable bonds is 2. The van der Waals surface area contributed by atoms with Crippen molar-refractivity contribution in [3.05, 3.63) is 53.7 Å². The quantitative estimate of drug-likeness (QED) is 0.747. The van der Waals surface area contributed by atoms with Crippen LogP contribution >= 0.6 is 0 Å². The van der Waals surface area contributed by atoms with E-state index in [0.29, 0.717) is 30.9 Å². The van der Waals surface area contributed by atoms with Gasteiger partial charge in [0, 0.05) is 42.8 Å². The molecule has 0 spiro atoms. The third-order valence-electron chi connectivity index (χ3n) is 4.41. The predicted octanol–water partition coefficient (Wildman–Crippen LogP) is 1.38. The second-order valence-corrected chi connectivity index (χ2v) is 5.80. The molecule has 1 aliphatic heterocycles. The van der Waals surface area contributed by atoms with Crippen molar-refractivity contribution >= 4 is 22.7 Å². The lowest BCUT2D eigenvalue weighted by Gasteiger charge is -2.28. The number of nitrogens with zero attached hydrogens (tertiary/aromatic N) is 3. The van der Waals surface area contributed by atoms with E-state index < -0.39 is 0 Å². The van der Waals surface area contributed by atoms with E-state index in [9.17, 15) is 9.59 Å². The number of carbonyl (C=O) groups excluding carboxylic acids is 2. The third-order valence-corrected chi connectivity index (χ3v) is 4.41. The van der Waals surface area contributed by atoms with Crippen LogP contribution in [0, 0.1) is 0 Å². The number of nitrogens with one attached hydrogen (secondary N) is 2. The number of benzene rings is 1. The van der Waals surface area contributed by atoms with Gasteiger partial charge in [-0.25, -0.2) is 4.98 Å². The molecule has 0 bridgehead atoms. The van der Waals surface area contributed by atoms with Crippen LogP contribution in [0.25, 0.3) is 10.9 Å². The van der Waals surface area contributed by atoms with Crippen molar-refractivity contribution < 1.29 is 9.59 Å². The van der Waals surface area contributed by atoms with E-state index in [4.69, 9.17) is 0 Å². The number of aromatic nitrogens is 3. The fourth-order valence-electron chi connectivity index (χ4n) is 3.11. The highest BCUT2D eigenvalue weighted by molar-refractivity contribution is 5.98. The van der Waals surface area contributed by atoms with Crippen molar-refractivity contribution in [3.8, 4) is 0 Å². The molecular formula is C17H17N5O2. The molecule has 0 atom stereocenters. The lowest BCUT2D eigenvalue weighted by atomic mass is 10.1. The Kier molecular flexibility index (Phi) is 3.34. The number of fused-ring (bicyclic) bond motifs is 2. The molecule has 0 saturated carbocycles. The van der Waals surface area contributed by atoms with Gasteiger partial charge in [-0.3, -0.25) is 9.59 Å². The summed E-state index contributed by atoms with van der Waals surface area (Å²) in [4.78, 5) is 33.8. The fraction of sp³-hybridized carbons (Fsp3) is 0.235. The first-order valence-corrected chi connectivity index (χ1v) is 7.80. The normalized spacial score (nSPS) is 13.8. The van der Waals surface area contributed by atoms with Crippen molar-refractivity contribution in [3.63, 3.8) is 0 Å². The van der Waals surface area contributed by atoms with E-state index in [2.05, 4.69) is 15.3 Å². The maximum atomic E-state index is 12.8. The van der Waals surface area contributed by atoms with Crippen LogP contribution in [0.5, 0.6) is 0 Å². The van der Waals surface area contributed by atoms with E-state index in [0.717, 1.165) is 16.7 Å². The van der Waals surface area contributed by atoms with Gasteiger partial charge in [-0.2, -0.15) is 0 Å². The second kappa shape index (κ2) is 5.52. The zero-order valence-corrected chi connectivity index (χ0v) is 13.2. The van der Waals surface area contributed by atoms with Crippen LogP contribution in [-0.2, 0) is 13.1 Å². The summed E-state index contributed by atoms with van der Waals surface area (Å²) in [7, 11) is 1.60. The van der Waals surface area contributed by atoms with Crippen LogP contribution in [0.4, 0.5) is 0 Å². The Morgan fingerprint density at radius 2 is 2.12 bits per heavy atom. The molecule has 4 rings (SSSR count). The minimum Gasteiger partial charge on any atom is -0.361 e. The number of carbonyl (C=O) groups is 2. The number of amides is 2. The van der Waals surface area contributed by atoms with Gasteiger partial charge in [-0.15, -0.1) is 0 Å². The van der Waals surface area contributed by atoms with Crippen molar-refractivity contribution in [2.75, 3.05) is 13.6 Å². The van der Waals surface area contributed by atoms with Crippen LogP contribution in [0.15, 0.2) is 36.7 Å². The van der Waals surface area contributed by atoms with Gasteiger partial charge in [0.1, 0.15) is 11.5 Å². The summed E-state index contributed by atoms with van der Waals surface area (Å²) >= 11 is 0. The predicted molar refractivity (Wildman–Crippen MR) is 88.7 cm³/mol. The molecule has 2 N–H and O–H groups in total. The summed E-state index contributed by atoms with van der Waals surface area (Å²) in [5, 5.41) is 3.62. The maximum absolute atomic E-state index is 12.8. The Hall–Kier alpha value is -3.09. The molecule has 2 aromatic heterocycles. The Morgan fingerprint density at radius 1 is 1.25 bits per heavy atom. The maximum Gasteiger partial charge on any atom is 0.269 e. The number of hydrogen-bond acceptors (Lipinski definition) is 3. The summed E-state index contributed by atoms with van der Waals surface area (Å²) in [6.45, 7) is 1.52. The fourth-order valence-corrected chi connectivity index (χ4v) is 3.11. The van der Waals surface area contributed by atoms with Crippen molar-refractivity contribution in [1.82, 2.24) is 24.8 Å². The summed E-state index contributed by atoms with van der Waals surface area (Å²) in [5.41, 5.74) is 2.21. The molecule has 7 heteroatoms. The van der Waals surface area contributed by atoms with Gasteiger partial charge in [0.15, 0.2) is 0 Å². The number of hydrogen-bond donors (Lipinski definition) is 2. The molecule has 0 fully saturated rings. The van der Waals surface area contributed by atoms with Crippen LogP contribution in [0.1, 0.15) is 26.7 Å². The number of aromatic amines is 1. The first-order chi connectivity index (χ1) is 11.7. The van der Waals surface area contributed by atoms with E-state index in [1.165, 1.54) is 0 Å². The summed E-state index contributed by atoms with van der Waals surface area (Å²) in [6.07, 6.45) is 3.42. The molecule has 0 radical (unpaired) electrons. The highest BCUT2D eigenvalue weighted by atomic mass is 16.2. The Balaban J connectivity index is 1.58. The average molecular weight is 323 g/mol. The summed E-state index contributed by atoms with van der Waals surface area (Å²) in [5.74, 6) is 0.552. The lowest BCUT2D eigenvalue weighted by molar-refractivity contribution is 0.0706. The minimum atomic E-state index is -0.161. The Bertz CT molecular complexity index is 940. The molecule has 1 aromatic carbocycles. The number of imidazole rings is 1. The molecular weight excluding hydrogens is 306 g/mol. The first-order valence-electron chi connectivity index (χ1n) is 7.80. The van der Waals surface area contributed by atoms with E-state index in [1.807, 2.05) is 35.0 Å². The molecule has 7 nitrogen and oxygen atoms in total. The van der Waals surface area contributed by atoms with Gasteiger partial charge < -0.3 is 19.8 Å². The topological polar surface area (TPSA) is 83.0 Å². The SMILES string of the molecule is CNC(=O)c1cnc2n1CCN(C(=O)c1ccc3[nH]ccc3c1)C2. The first kappa shape index (κ1) is 14.5. The molecule has 2 amide bonds. The van der Waals surface area contributed by atoms with Crippen LogP contribution in [-0.4, -0.2) is 44.8 Å². The number of H-pyrrole nitrogens is 1. The molecule has 24 heavy (non-hydrogen) atoms. The van der Waals surface area contributed by atoms with Crippen molar-refractivity contribution in [2.24, 2.45) is 0 Å². The van der Waals surface area contributed by atoms with Gasteiger partial charge in [0.25, 0.3) is 11.8 Å². The summed E-state index contributed by atoms with van der Waals surface area (Å²) in [6, 6.07) is 7.59.